The summed E-state index contributed by atoms with van der Waals surface area (Å²) in [6.45, 7) is -0.646. The third kappa shape index (κ3) is 12.1. The van der Waals surface area contributed by atoms with Crippen molar-refractivity contribution in [2.75, 3.05) is 17.4 Å². The molecule has 0 bridgehead atoms. The van der Waals surface area contributed by atoms with E-state index in [-0.39, 0.29) is 23.7 Å². The third-order valence-corrected chi connectivity index (χ3v) is 5.35. The molecule has 154 valence electrons. The molecule has 27 heavy (non-hydrogen) atoms. The lowest BCUT2D eigenvalue weighted by atomic mass is 10.1. The molecule has 0 aromatic rings. The molecule has 0 radical (unpaired) electrons. The maximum atomic E-state index is 12.0. The molecule has 0 aromatic heterocycles. The Balaban J connectivity index is 4.61. The number of hydrogen-bond acceptors (Lipinski definition) is 9. The molecule has 3 unspecified atom stereocenters. The first-order valence-corrected chi connectivity index (χ1v) is 9.70. The van der Waals surface area contributed by atoms with Crippen LogP contribution in [0.1, 0.15) is 12.8 Å². The van der Waals surface area contributed by atoms with Crippen LogP contribution in [0.4, 0.5) is 0 Å². The van der Waals surface area contributed by atoms with Gasteiger partial charge in [0.05, 0.1) is 0 Å². The van der Waals surface area contributed by atoms with Gasteiger partial charge in [0.15, 0.2) is 5.37 Å². The van der Waals surface area contributed by atoms with E-state index >= 15 is 0 Å². The molecule has 14 heteroatoms. The fourth-order valence-corrected chi connectivity index (χ4v) is 3.59. The van der Waals surface area contributed by atoms with Crippen molar-refractivity contribution in [3.8, 4) is 0 Å². The number of carboxylic acid groups (broad SMARTS) is 3. The summed E-state index contributed by atoms with van der Waals surface area (Å²) in [5.41, 5.74) is 10.6. The Morgan fingerprint density at radius 2 is 1.56 bits per heavy atom. The fraction of sp³-hybridized carbons (Fsp3) is 0.615. The minimum absolute atomic E-state index is 0.0766. The van der Waals surface area contributed by atoms with Crippen LogP contribution in [0.15, 0.2) is 0 Å². The quantitative estimate of drug-likeness (QED) is 0.115. The Morgan fingerprint density at radius 1 is 0.963 bits per heavy atom. The lowest BCUT2D eigenvalue weighted by Crippen LogP contribution is -2.46. The van der Waals surface area contributed by atoms with Crippen molar-refractivity contribution in [3.63, 3.8) is 0 Å². The van der Waals surface area contributed by atoms with Crippen molar-refractivity contribution >= 4 is 53.2 Å². The first kappa shape index (κ1) is 25.0. The smallest absolute Gasteiger partial charge is 0.322 e. The van der Waals surface area contributed by atoms with Gasteiger partial charge < -0.3 is 37.4 Å². The van der Waals surface area contributed by atoms with Crippen LogP contribution in [-0.4, -0.2) is 79.9 Å². The van der Waals surface area contributed by atoms with Crippen molar-refractivity contribution in [2.24, 2.45) is 11.5 Å². The van der Waals surface area contributed by atoms with E-state index in [1.54, 1.807) is 0 Å². The minimum Gasteiger partial charge on any atom is -0.480 e. The number of nitrogens with one attached hydrogen (secondary N) is 2. The Kier molecular flexibility index (Phi) is 12.2. The zero-order chi connectivity index (χ0) is 21.0. The molecule has 0 spiro atoms. The number of hydrogen-bond donors (Lipinski definition) is 7. The minimum atomic E-state index is -1.27. The number of carbonyl (C=O) groups excluding carboxylic acids is 2. The SMILES string of the molecule is NC(CCC(=O)NC(SCSCC(N)C(=O)O)C(=O)NCC(=O)O)C(=O)O. The Bertz CT molecular complexity index is 562. The highest BCUT2D eigenvalue weighted by Gasteiger charge is 2.23. The zero-order valence-corrected chi connectivity index (χ0v) is 15.8. The Labute approximate surface area is 162 Å². The number of amides is 2. The van der Waals surface area contributed by atoms with Gasteiger partial charge in [-0.2, -0.15) is 0 Å². The van der Waals surface area contributed by atoms with Crippen molar-refractivity contribution < 1.29 is 39.3 Å². The van der Waals surface area contributed by atoms with Crippen LogP contribution in [-0.2, 0) is 24.0 Å². The maximum absolute atomic E-state index is 12.0. The van der Waals surface area contributed by atoms with Crippen molar-refractivity contribution in [1.82, 2.24) is 10.6 Å². The molecule has 9 N–H and O–H groups in total. The van der Waals surface area contributed by atoms with Crippen LogP contribution in [0.5, 0.6) is 0 Å². The van der Waals surface area contributed by atoms with Crippen molar-refractivity contribution in [1.29, 1.82) is 0 Å². The lowest BCUT2D eigenvalue weighted by Gasteiger charge is -2.18. The van der Waals surface area contributed by atoms with E-state index in [0.29, 0.717) is 0 Å². The summed E-state index contributed by atoms with van der Waals surface area (Å²) in [6, 6.07) is -2.31. The van der Waals surface area contributed by atoms with Gasteiger partial charge in [0.1, 0.15) is 18.6 Å². The largest absolute Gasteiger partial charge is 0.480 e. The molecule has 0 rings (SSSR count). The van der Waals surface area contributed by atoms with Crippen LogP contribution in [0.2, 0.25) is 0 Å². The van der Waals surface area contributed by atoms with E-state index in [4.69, 9.17) is 26.8 Å². The van der Waals surface area contributed by atoms with Gasteiger partial charge >= 0.3 is 17.9 Å². The molecule has 2 amide bonds. The van der Waals surface area contributed by atoms with Crippen LogP contribution in [0, 0.1) is 0 Å². The van der Waals surface area contributed by atoms with Gasteiger partial charge in [-0.3, -0.25) is 24.0 Å². The van der Waals surface area contributed by atoms with Gasteiger partial charge in [-0.05, 0) is 6.42 Å². The summed E-state index contributed by atoms with van der Waals surface area (Å²) < 4.78 is 0. The molecule has 0 saturated heterocycles. The lowest BCUT2D eigenvalue weighted by molar-refractivity contribution is -0.139. The zero-order valence-electron chi connectivity index (χ0n) is 14.1. The van der Waals surface area contributed by atoms with E-state index < -0.39 is 53.7 Å². The molecular weight excluding hydrogens is 404 g/mol. The van der Waals surface area contributed by atoms with Gasteiger partial charge in [-0.1, -0.05) is 0 Å². The van der Waals surface area contributed by atoms with Crippen LogP contribution < -0.4 is 22.1 Å². The summed E-state index contributed by atoms with van der Waals surface area (Å²) in [5, 5.41) is 29.5. The van der Waals surface area contributed by atoms with E-state index in [1.165, 1.54) is 0 Å². The Morgan fingerprint density at radius 3 is 2.07 bits per heavy atom. The predicted molar refractivity (Wildman–Crippen MR) is 97.9 cm³/mol. The van der Waals surface area contributed by atoms with Gasteiger partial charge in [-0.15, -0.1) is 23.5 Å². The highest BCUT2D eigenvalue weighted by molar-refractivity contribution is 8.16. The average Bonchev–Trinajstić information content (AvgIpc) is 2.59. The second kappa shape index (κ2) is 13.2. The molecule has 0 aliphatic rings. The van der Waals surface area contributed by atoms with E-state index in [2.05, 4.69) is 10.6 Å². The highest BCUT2D eigenvalue weighted by Crippen LogP contribution is 2.17. The summed E-state index contributed by atoms with van der Waals surface area (Å²) in [5.74, 6) is -5.03. The summed E-state index contributed by atoms with van der Waals surface area (Å²) >= 11 is 2.05. The molecule has 12 nitrogen and oxygen atoms in total. The predicted octanol–water partition coefficient (Wildman–Crippen LogP) is -2.34. The monoisotopic (exact) mass is 426 g/mol. The normalized spacial score (nSPS) is 13.9. The van der Waals surface area contributed by atoms with Gasteiger partial charge in [0, 0.05) is 17.3 Å². The molecule has 0 fully saturated rings. The molecule has 3 atom stereocenters. The van der Waals surface area contributed by atoms with Gasteiger partial charge in [0.2, 0.25) is 5.91 Å². The number of carboxylic acids is 3. The first-order valence-electron chi connectivity index (χ1n) is 7.49. The number of carbonyl (C=O) groups is 5. The van der Waals surface area contributed by atoms with Crippen LogP contribution in [0.3, 0.4) is 0 Å². The van der Waals surface area contributed by atoms with Crippen molar-refractivity contribution in [2.45, 2.75) is 30.3 Å². The average molecular weight is 426 g/mol. The fourth-order valence-electron chi connectivity index (χ4n) is 1.43. The summed E-state index contributed by atoms with van der Waals surface area (Å²) in [6.07, 6.45) is -0.384. The van der Waals surface area contributed by atoms with Crippen LogP contribution in [0.25, 0.3) is 0 Å². The first-order chi connectivity index (χ1) is 12.5. The van der Waals surface area contributed by atoms with Crippen molar-refractivity contribution in [3.05, 3.63) is 0 Å². The molecule has 0 aliphatic heterocycles. The van der Waals surface area contributed by atoms with E-state index in [0.717, 1.165) is 23.5 Å². The number of rotatable bonds is 14. The van der Waals surface area contributed by atoms with Gasteiger partial charge in [-0.25, -0.2) is 0 Å². The maximum Gasteiger partial charge on any atom is 0.322 e. The van der Waals surface area contributed by atoms with E-state index in [9.17, 15) is 24.0 Å². The number of thioether (sulfide) groups is 2. The topological polar surface area (TPSA) is 222 Å². The standard InChI is InChI=1S/C13H22N4O8S2/c14-6(12(22)23)1-2-8(18)17-11(10(21)16-3-9(19)20)27-5-26-4-7(15)13(24)25/h6-7,11H,1-5,14-15H2,(H,16,21)(H,17,18)(H,19,20)(H,22,23)(H,24,25). The molecule has 0 aliphatic carbocycles. The van der Waals surface area contributed by atoms with Gasteiger partial charge in [0.25, 0.3) is 5.91 Å². The summed E-state index contributed by atoms with van der Waals surface area (Å²) in [7, 11) is 0. The highest BCUT2D eigenvalue weighted by atomic mass is 32.2. The number of aliphatic carboxylic acids is 3. The third-order valence-electron chi connectivity index (χ3n) is 2.88. The number of nitrogens with two attached hydrogens (primary N) is 2. The molecule has 0 saturated carbocycles. The second-order valence-electron chi connectivity index (χ2n) is 5.14. The molecule has 0 heterocycles. The Hall–Kier alpha value is -2.03. The molecular formula is C13H22N4O8S2. The summed E-state index contributed by atoms with van der Waals surface area (Å²) in [4.78, 5) is 55.7. The van der Waals surface area contributed by atoms with E-state index in [1.807, 2.05) is 0 Å². The second-order valence-corrected chi connectivity index (χ2v) is 7.63. The van der Waals surface area contributed by atoms with Crippen LogP contribution >= 0.6 is 23.5 Å². The molecule has 0 aromatic carbocycles.